The molecule has 1 aliphatic carbocycles. The molecule has 0 spiro atoms. The number of halogens is 2. The van der Waals surface area contributed by atoms with Gasteiger partial charge in [-0.1, -0.05) is 19.3 Å². The molecule has 0 aromatic rings. The van der Waals surface area contributed by atoms with Crippen LogP contribution in [0.1, 0.15) is 32.1 Å². The van der Waals surface area contributed by atoms with E-state index in [2.05, 4.69) is 4.90 Å². The number of ether oxygens (including phenoxy) is 1. The van der Waals surface area contributed by atoms with Gasteiger partial charge >= 0.3 is 0 Å². The Morgan fingerprint density at radius 1 is 0.933 bits per heavy atom. The molecule has 2 N–H and O–H groups in total. The van der Waals surface area contributed by atoms with Gasteiger partial charge < -0.3 is 10.5 Å². The van der Waals surface area contributed by atoms with Crippen molar-refractivity contribution in [2.75, 3.05) is 26.3 Å². The Morgan fingerprint density at radius 3 is 2.00 bits per heavy atom. The summed E-state index contributed by atoms with van der Waals surface area (Å²) in [6.07, 6.45) is 6.31. The van der Waals surface area contributed by atoms with Crippen LogP contribution in [0.15, 0.2) is 0 Å². The minimum absolute atomic E-state index is 0. The zero-order chi connectivity index (χ0) is 9.15. The number of morpholine rings is 1. The van der Waals surface area contributed by atoms with Gasteiger partial charge in [0.25, 0.3) is 0 Å². The molecule has 2 rings (SSSR count). The zero-order valence-electron chi connectivity index (χ0n) is 9.11. The second-order valence-corrected chi connectivity index (χ2v) is 4.26. The SMILES string of the molecule is Cl.Cl.NC1(N2CCOCC2)CCCCC1. The van der Waals surface area contributed by atoms with Crippen LogP contribution < -0.4 is 5.73 Å². The summed E-state index contributed by atoms with van der Waals surface area (Å²) in [5.41, 5.74) is 6.41. The molecule has 0 aromatic heterocycles. The fraction of sp³-hybridized carbons (Fsp3) is 1.00. The fourth-order valence-electron chi connectivity index (χ4n) is 2.49. The Bertz CT molecular complexity index is 169. The van der Waals surface area contributed by atoms with Crippen LogP contribution >= 0.6 is 24.8 Å². The van der Waals surface area contributed by atoms with Gasteiger partial charge in [-0.3, -0.25) is 4.90 Å². The second kappa shape index (κ2) is 6.92. The highest BCUT2D eigenvalue weighted by atomic mass is 35.5. The van der Waals surface area contributed by atoms with E-state index in [9.17, 15) is 0 Å². The van der Waals surface area contributed by atoms with Gasteiger partial charge in [-0.2, -0.15) is 0 Å². The highest BCUT2D eigenvalue weighted by Gasteiger charge is 2.34. The molecule has 0 aromatic carbocycles. The van der Waals surface area contributed by atoms with Crippen molar-refractivity contribution < 1.29 is 4.74 Å². The molecule has 1 saturated heterocycles. The van der Waals surface area contributed by atoms with E-state index in [1.165, 1.54) is 32.1 Å². The monoisotopic (exact) mass is 256 g/mol. The van der Waals surface area contributed by atoms with E-state index < -0.39 is 0 Å². The quantitative estimate of drug-likeness (QED) is 0.778. The Balaban J connectivity index is 0.000000980. The first-order chi connectivity index (χ1) is 6.31. The van der Waals surface area contributed by atoms with E-state index in [0.29, 0.717) is 0 Å². The molecule has 0 atom stereocenters. The van der Waals surface area contributed by atoms with Crippen LogP contribution in [0, 0.1) is 0 Å². The lowest BCUT2D eigenvalue weighted by Gasteiger charge is -2.45. The molecule has 0 radical (unpaired) electrons. The summed E-state index contributed by atoms with van der Waals surface area (Å²) in [6.45, 7) is 3.77. The minimum Gasteiger partial charge on any atom is -0.379 e. The molecule has 1 aliphatic heterocycles. The van der Waals surface area contributed by atoms with E-state index in [1.54, 1.807) is 0 Å². The van der Waals surface area contributed by atoms with E-state index in [4.69, 9.17) is 10.5 Å². The molecule has 0 amide bonds. The van der Waals surface area contributed by atoms with E-state index in [0.717, 1.165) is 26.3 Å². The standard InChI is InChI=1S/C10H20N2O.2ClH/c11-10(4-2-1-3-5-10)12-6-8-13-9-7-12;;/h1-9,11H2;2*1H. The van der Waals surface area contributed by atoms with Gasteiger partial charge in [0.2, 0.25) is 0 Å². The van der Waals surface area contributed by atoms with Crippen molar-refractivity contribution >= 4 is 24.8 Å². The number of nitrogens with zero attached hydrogens (tertiary/aromatic N) is 1. The first-order valence-corrected chi connectivity index (χ1v) is 5.43. The smallest absolute Gasteiger partial charge is 0.0688 e. The van der Waals surface area contributed by atoms with Crippen LogP contribution in [0.5, 0.6) is 0 Å². The third kappa shape index (κ3) is 3.75. The summed E-state index contributed by atoms with van der Waals surface area (Å²) in [6, 6.07) is 0. The Hall–Kier alpha value is 0.460. The van der Waals surface area contributed by atoms with Crippen LogP contribution in [0.25, 0.3) is 0 Å². The Labute approximate surface area is 105 Å². The second-order valence-electron chi connectivity index (χ2n) is 4.26. The highest BCUT2D eigenvalue weighted by Crippen LogP contribution is 2.29. The predicted molar refractivity (Wildman–Crippen MR) is 66.9 cm³/mol. The molecule has 0 unspecified atom stereocenters. The van der Waals surface area contributed by atoms with Gasteiger partial charge in [-0.15, -0.1) is 24.8 Å². The van der Waals surface area contributed by atoms with Crippen LogP contribution in [-0.2, 0) is 4.74 Å². The number of hydrogen-bond donors (Lipinski definition) is 1. The summed E-state index contributed by atoms with van der Waals surface area (Å²) >= 11 is 0. The van der Waals surface area contributed by atoms with E-state index >= 15 is 0 Å². The average Bonchev–Trinajstić information content (AvgIpc) is 2.20. The molecular weight excluding hydrogens is 235 g/mol. The molecule has 3 nitrogen and oxygen atoms in total. The third-order valence-electron chi connectivity index (χ3n) is 3.36. The highest BCUT2D eigenvalue weighted by molar-refractivity contribution is 5.85. The van der Waals surface area contributed by atoms with Crippen molar-refractivity contribution in [3.05, 3.63) is 0 Å². The number of hydrogen-bond acceptors (Lipinski definition) is 3. The maximum absolute atomic E-state index is 6.40. The van der Waals surface area contributed by atoms with Crippen molar-refractivity contribution in [3.63, 3.8) is 0 Å². The lowest BCUT2D eigenvalue weighted by Crippen LogP contribution is -2.60. The molecule has 0 bridgehead atoms. The molecule has 2 fully saturated rings. The Kier molecular flexibility index (Phi) is 7.13. The summed E-state index contributed by atoms with van der Waals surface area (Å²) in [4.78, 5) is 2.43. The maximum Gasteiger partial charge on any atom is 0.0688 e. The van der Waals surface area contributed by atoms with Crippen LogP contribution in [0.3, 0.4) is 0 Å². The van der Waals surface area contributed by atoms with Crippen molar-refractivity contribution in [1.29, 1.82) is 0 Å². The maximum atomic E-state index is 6.40. The summed E-state index contributed by atoms with van der Waals surface area (Å²) in [5.74, 6) is 0. The normalized spacial score (nSPS) is 26.2. The van der Waals surface area contributed by atoms with Crippen LogP contribution in [0.2, 0.25) is 0 Å². The van der Waals surface area contributed by atoms with E-state index in [1.807, 2.05) is 0 Å². The summed E-state index contributed by atoms with van der Waals surface area (Å²) < 4.78 is 5.34. The van der Waals surface area contributed by atoms with Gasteiger partial charge in [0.15, 0.2) is 0 Å². The van der Waals surface area contributed by atoms with Crippen LogP contribution in [0.4, 0.5) is 0 Å². The van der Waals surface area contributed by atoms with Crippen molar-refractivity contribution in [3.8, 4) is 0 Å². The minimum atomic E-state index is 0. The predicted octanol–water partition coefficient (Wildman–Crippen LogP) is 1.78. The lowest BCUT2D eigenvalue weighted by atomic mass is 9.88. The van der Waals surface area contributed by atoms with Crippen molar-refractivity contribution in [1.82, 2.24) is 4.90 Å². The fourth-order valence-corrected chi connectivity index (χ4v) is 2.49. The molecule has 92 valence electrons. The van der Waals surface area contributed by atoms with Gasteiger partial charge in [0, 0.05) is 13.1 Å². The summed E-state index contributed by atoms with van der Waals surface area (Å²) in [5, 5.41) is 0. The van der Waals surface area contributed by atoms with Crippen molar-refractivity contribution in [2.45, 2.75) is 37.8 Å². The number of rotatable bonds is 1. The molecule has 2 aliphatic rings. The topological polar surface area (TPSA) is 38.5 Å². The van der Waals surface area contributed by atoms with E-state index in [-0.39, 0.29) is 30.5 Å². The van der Waals surface area contributed by atoms with Crippen molar-refractivity contribution in [2.24, 2.45) is 5.73 Å². The van der Waals surface area contributed by atoms with Gasteiger partial charge in [0.1, 0.15) is 0 Å². The number of nitrogens with two attached hydrogens (primary N) is 1. The van der Waals surface area contributed by atoms with Gasteiger partial charge in [-0.05, 0) is 12.8 Å². The molecule has 1 saturated carbocycles. The molecule has 15 heavy (non-hydrogen) atoms. The zero-order valence-corrected chi connectivity index (χ0v) is 10.7. The molecule has 1 heterocycles. The molecular formula is C10H22Cl2N2O. The van der Waals surface area contributed by atoms with Gasteiger partial charge in [0.05, 0.1) is 18.9 Å². The lowest BCUT2D eigenvalue weighted by molar-refractivity contribution is -0.0348. The average molecular weight is 257 g/mol. The summed E-state index contributed by atoms with van der Waals surface area (Å²) in [7, 11) is 0. The van der Waals surface area contributed by atoms with Gasteiger partial charge in [-0.25, -0.2) is 0 Å². The molecule has 5 heteroatoms. The first kappa shape index (κ1) is 15.5. The van der Waals surface area contributed by atoms with Crippen LogP contribution in [-0.4, -0.2) is 36.9 Å². The largest absolute Gasteiger partial charge is 0.379 e. The third-order valence-corrected chi connectivity index (χ3v) is 3.36. The Morgan fingerprint density at radius 2 is 1.47 bits per heavy atom. The first-order valence-electron chi connectivity index (χ1n) is 5.43.